The van der Waals surface area contributed by atoms with Crippen molar-refractivity contribution < 1.29 is 0 Å². The molecule has 1 fully saturated rings. The second-order valence-electron chi connectivity index (χ2n) is 11.6. The minimum absolute atomic E-state index is 0.487. The number of hydrogen-bond donors (Lipinski definition) is 0. The fraction of sp³-hybridized carbons (Fsp3) is 0.158. The molecule has 0 spiro atoms. The molecule has 2 bridgehead atoms. The molecule has 5 aliphatic carbocycles. The Morgan fingerprint density at radius 3 is 2.37 bits per heavy atom. The highest BCUT2D eigenvalue weighted by Crippen LogP contribution is 2.62. The van der Waals surface area contributed by atoms with E-state index in [9.17, 15) is 0 Å². The van der Waals surface area contributed by atoms with Gasteiger partial charge in [-0.05, 0) is 109 Å². The van der Waals surface area contributed by atoms with Gasteiger partial charge in [-0.3, -0.25) is 0 Å². The minimum atomic E-state index is 0.487. The maximum absolute atomic E-state index is 2.53. The van der Waals surface area contributed by atoms with E-state index in [-0.39, 0.29) is 0 Å². The number of benzene rings is 4. The van der Waals surface area contributed by atoms with Crippen LogP contribution in [-0.2, 0) is 0 Å². The third kappa shape index (κ3) is 2.81. The van der Waals surface area contributed by atoms with E-state index in [4.69, 9.17) is 0 Å². The SMILES string of the molecule is C1=CC2CC2C(c2c3c(c(-c4ccccc4)c4c2C2C/C=C\C=C/C(=C4)C2)-c2cccc4cccc-3c24)=C1. The zero-order valence-electron chi connectivity index (χ0n) is 21.3. The molecule has 3 unspecified atom stereocenters. The molecular weight excluding hydrogens is 456 g/mol. The summed E-state index contributed by atoms with van der Waals surface area (Å²) in [5.74, 6) is 1.86. The van der Waals surface area contributed by atoms with Crippen LogP contribution in [0.5, 0.6) is 0 Å². The predicted octanol–water partition coefficient (Wildman–Crippen LogP) is 10.1. The van der Waals surface area contributed by atoms with Gasteiger partial charge in [0.2, 0.25) is 0 Å². The Morgan fingerprint density at radius 1 is 0.711 bits per heavy atom. The number of hydrogen-bond acceptors (Lipinski definition) is 0. The standard InChI is InChI=1S/C38H28/c1-3-10-23-20-27(13-6-1)35-32(21-23)34(25-11-4-2-5-12-25)37-29-18-7-14-24-15-8-19-30(33(24)29)38(37)36(35)28-17-9-16-26-22-31(26)28/h1-12,14-19,21,26-27,31H,13,20,22H2/b6-1-,10-3-. The molecule has 4 aromatic rings. The first-order valence-corrected chi connectivity index (χ1v) is 14.1. The van der Waals surface area contributed by atoms with E-state index in [0.717, 1.165) is 12.8 Å². The molecule has 0 aromatic heterocycles. The van der Waals surface area contributed by atoms with E-state index in [1.165, 1.54) is 61.7 Å². The summed E-state index contributed by atoms with van der Waals surface area (Å²) in [5, 5.41) is 2.77. The van der Waals surface area contributed by atoms with Crippen LogP contribution < -0.4 is 0 Å². The highest BCUT2D eigenvalue weighted by molar-refractivity contribution is 6.21. The van der Waals surface area contributed by atoms with Gasteiger partial charge in [0.15, 0.2) is 0 Å². The second kappa shape index (κ2) is 7.68. The molecule has 4 aromatic carbocycles. The van der Waals surface area contributed by atoms with E-state index in [0.29, 0.717) is 17.8 Å². The molecular formula is C38H28. The summed E-state index contributed by atoms with van der Waals surface area (Å²) in [6, 6.07) is 25.0. The van der Waals surface area contributed by atoms with E-state index >= 15 is 0 Å². The van der Waals surface area contributed by atoms with Crippen molar-refractivity contribution in [3.8, 4) is 33.4 Å². The molecule has 0 saturated heterocycles. The summed E-state index contributed by atoms with van der Waals surface area (Å²) in [6.07, 6.45) is 22.4. The molecule has 9 rings (SSSR count). The smallest absolute Gasteiger partial charge is 0.000776 e. The molecule has 0 heterocycles. The molecule has 1 saturated carbocycles. The molecule has 0 N–H and O–H groups in total. The summed E-state index contributed by atoms with van der Waals surface area (Å²) in [7, 11) is 0. The van der Waals surface area contributed by atoms with Crippen molar-refractivity contribution in [1.29, 1.82) is 0 Å². The molecule has 0 nitrogen and oxygen atoms in total. The highest BCUT2D eigenvalue weighted by atomic mass is 14.5. The monoisotopic (exact) mass is 484 g/mol. The lowest BCUT2D eigenvalue weighted by molar-refractivity contribution is 0.686. The van der Waals surface area contributed by atoms with Gasteiger partial charge in [-0.25, -0.2) is 0 Å². The van der Waals surface area contributed by atoms with Crippen LogP contribution in [0, 0.1) is 11.8 Å². The quantitative estimate of drug-likeness (QED) is 0.234. The predicted molar refractivity (Wildman–Crippen MR) is 161 cm³/mol. The van der Waals surface area contributed by atoms with Crippen molar-refractivity contribution in [1.82, 2.24) is 0 Å². The summed E-state index contributed by atoms with van der Waals surface area (Å²) >= 11 is 0. The third-order valence-corrected chi connectivity index (χ3v) is 9.44. The molecule has 38 heavy (non-hydrogen) atoms. The topological polar surface area (TPSA) is 0 Å². The fourth-order valence-electron chi connectivity index (χ4n) is 7.79. The average Bonchev–Trinajstić information content (AvgIpc) is 3.68. The van der Waals surface area contributed by atoms with Gasteiger partial charge in [-0.15, -0.1) is 0 Å². The average molecular weight is 485 g/mol. The van der Waals surface area contributed by atoms with Crippen LogP contribution in [0.2, 0.25) is 0 Å². The van der Waals surface area contributed by atoms with Crippen LogP contribution >= 0.6 is 0 Å². The molecule has 0 heteroatoms. The summed E-state index contributed by atoms with van der Waals surface area (Å²) in [4.78, 5) is 0. The van der Waals surface area contributed by atoms with Crippen molar-refractivity contribution in [2.45, 2.75) is 25.2 Å². The Hall–Kier alpha value is -4.16. The molecule has 0 amide bonds. The largest absolute Gasteiger partial charge is 0.0839 e. The first-order valence-electron chi connectivity index (χ1n) is 14.1. The zero-order chi connectivity index (χ0) is 24.8. The van der Waals surface area contributed by atoms with E-state index in [1.807, 2.05) is 0 Å². The van der Waals surface area contributed by atoms with E-state index in [2.05, 4.69) is 115 Å². The van der Waals surface area contributed by atoms with Gasteiger partial charge < -0.3 is 0 Å². The third-order valence-electron chi connectivity index (χ3n) is 9.44. The Morgan fingerprint density at radius 2 is 1.53 bits per heavy atom. The Balaban J connectivity index is 1.51. The van der Waals surface area contributed by atoms with Gasteiger partial charge in [0.1, 0.15) is 0 Å². The zero-order valence-corrected chi connectivity index (χ0v) is 21.3. The van der Waals surface area contributed by atoms with Crippen LogP contribution in [0.25, 0.3) is 55.8 Å². The number of rotatable bonds is 2. The van der Waals surface area contributed by atoms with Crippen LogP contribution in [-0.4, -0.2) is 0 Å². The Bertz CT molecular complexity index is 1830. The van der Waals surface area contributed by atoms with E-state index in [1.54, 1.807) is 16.7 Å². The van der Waals surface area contributed by atoms with Crippen LogP contribution in [0.1, 0.15) is 41.9 Å². The normalized spacial score (nSPS) is 24.9. The molecule has 0 radical (unpaired) electrons. The van der Waals surface area contributed by atoms with Gasteiger partial charge >= 0.3 is 0 Å². The molecule has 5 aliphatic rings. The van der Waals surface area contributed by atoms with Gasteiger partial charge in [0, 0.05) is 0 Å². The van der Waals surface area contributed by atoms with Crippen molar-refractivity contribution in [3.05, 3.63) is 132 Å². The maximum Gasteiger partial charge on any atom is -0.000776 e. The second-order valence-corrected chi connectivity index (χ2v) is 11.6. The van der Waals surface area contributed by atoms with Gasteiger partial charge in [-0.1, -0.05) is 115 Å². The first-order chi connectivity index (χ1) is 18.9. The highest BCUT2D eigenvalue weighted by Gasteiger charge is 2.44. The Labute approximate surface area is 224 Å². The number of fused-ring (bicyclic) bond motifs is 8. The minimum Gasteiger partial charge on any atom is -0.0839 e. The van der Waals surface area contributed by atoms with E-state index < -0.39 is 0 Å². The lowest BCUT2D eigenvalue weighted by atomic mass is 9.70. The summed E-state index contributed by atoms with van der Waals surface area (Å²) in [6.45, 7) is 0. The van der Waals surface area contributed by atoms with Crippen LogP contribution in [0.15, 0.2) is 115 Å². The first kappa shape index (κ1) is 20.8. The lowest BCUT2D eigenvalue weighted by Crippen LogP contribution is -2.14. The molecule has 3 atom stereocenters. The van der Waals surface area contributed by atoms with Crippen molar-refractivity contribution in [2.75, 3.05) is 0 Å². The fourth-order valence-corrected chi connectivity index (χ4v) is 7.79. The van der Waals surface area contributed by atoms with Crippen molar-refractivity contribution in [3.63, 3.8) is 0 Å². The Kier molecular flexibility index (Phi) is 4.21. The lowest BCUT2D eigenvalue weighted by Gasteiger charge is -2.33. The van der Waals surface area contributed by atoms with Crippen LogP contribution in [0.3, 0.4) is 0 Å². The molecule has 0 aliphatic heterocycles. The van der Waals surface area contributed by atoms with Crippen LogP contribution in [0.4, 0.5) is 0 Å². The number of allylic oxidation sites excluding steroid dienone is 9. The summed E-state index contributed by atoms with van der Waals surface area (Å²) in [5.41, 5.74) is 16.1. The van der Waals surface area contributed by atoms with Gasteiger partial charge in [-0.2, -0.15) is 0 Å². The maximum atomic E-state index is 2.53. The van der Waals surface area contributed by atoms with Crippen molar-refractivity contribution in [2.24, 2.45) is 11.8 Å². The molecule has 180 valence electrons. The van der Waals surface area contributed by atoms with Crippen molar-refractivity contribution >= 4 is 22.4 Å². The summed E-state index contributed by atoms with van der Waals surface area (Å²) < 4.78 is 0. The van der Waals surface area contributed by atoms with Gasteiger partial charge in [0.25, 0.3) is 0 Å². The van der Waals surface area contributed by atoms with Gasteiger partial charge in [0.05, 0.1) is 0 Å².